The lowest BCUT2D eigenvalue weighted by atomic mass is 9.85. The Morgan fingerprint density at radius 1 is 1.37 bits per heavy atom. The van der Waals surface area contributed by atoms with E-state index in [1.807, 2.05) is 0 Å². The molecule has 106 valence electrons. The second kappa shape index (κ2) is 6.61. The smallest absolute Gasteiger partial charge is 0.0713 e. The molecule has 0 aromatic carbocycles. The molecule has 1 aromatic rings. The number of thioether (sulfide) groups is 1. The lowest BCUT2D eigenvalue weighted by Gasteiger charge is -2.43. The van der Waals surface area contributed by atoms with E-state index in [1.54, 1.807) is 11.3 Å². The summed E-state index contributed by atoms with van der Waals surface area (Å²) < 4.78 is 6.14. The second-order valence-electron chi connectivity index (χ2n) is 5.67. The van der Waals surface area contributed by atoms with Crippen LogP contribution in [-0.2, 0) is 11.2 Å². The number of hydrogen-bond acceptors (Lipinski definition) is 4. The van der Waals surface area contributed by atoms with Crippen LogP contribution in [0.15, 0.2) is 16.8 Å². The molecule has 19 heavy (non-hydrogen) atoms. The lowest BCUT2D eigenvalue weighted by molar-refractivity contribution is -0.0930. The Hall–Kier alpha value is -0.0300. The van der Waals surface area contributed by atoms with Crippen molar-refractivity contribution in [1.29, 1.82) is 0 Å². The largest absolute Gasteiger partial charge is 0.375 e. The molecule has 1 N–H and O–H groups in total. The molecule has 1 unspecified atom stereocenters. The Bertz CT molecular complexity index is 368. The highest BCUT2D eigenvalue weighted by atomic mass is 32.2. The normalized spacial score (nSPS) is 26.6. The van der Waals surface area contributed by atoms with Crippen molar-refractivity contribution in [2.24, 2.45) is 0 Å². The van der Waals surface area contributed by atoms with Gasteiger partial charge in [-0.05, 0) is 72.5 Å². The van der Waals surface area contributed by atoms with E-state index in [-0.39, 0.29) is 5.60 Å². The maximum Gasteiger partial charge on any atom is 0.0713 e. The average Bonchev–Trinajstić information content (AvgIpc) is 2.93. The number of nitrogens with one attached hydrogen (secondary N) is 1. The first-order valence-corrected chi connectivity index (χ1v) is 9.42. The average molecular weight is 297 g/mol. The summed E-state index contributed by atoms with van der Waals surface area (Å²) in [5.74, 6) is 2.56. The van der Waals surface area contributed by atoms with Crippen LogP contribution in [0.1, 0.15) is 31.2 Å². The molecule has 1 aromatic heterocycles. The first kappa shape index (κ1) is 13.9. The van der Waals surface area contributed by atoms with Gasteiger partial charge in [0, 0.05) is 12.6 Å². The fourth-order valence-electron chi connectivity index (χ4n) is 3.15. The minimum absolute atomic E-state index is 0.212. The van der Waals surface area contributed by atoms with Gasteiger partial charge in [-0.2, -0.15) is 23.1 Å². The van der Waals surface area contributed by atoms with Gasteiger partial charge in [-0.25, -0.2) is 0 Å². The van der Waals surface area contributed by atoms with Crippen LogP contribution in [0.3, 0.4) is 0 Å². The molecule has 2 aliphatic rings. The Kier molecular flexibility index (Phi) is 4.85. The van der Waals surface area contributed by atoms with Crippen LogP contribution in [0, 0.1) is 0 Å². The monoisotopic (exact) mass is 297 g/mol. The SMILES string of the molecule is c1cc(CCNC2CCOC3(CCSCC3)C2)cs1. The summed E-state index contributed by atoms with van der Waals surface area (Å²) in [6.07, 6.45) is 6.06. The van der Waals surface area contributed by atoms with Gasteiger partial charge >= 0.3 is 0 Å². The summed E-state index contributed by atoms with van der Waals surface area (Å²) in [4.78, 5) is 0. The summed E-state index contributed by atoms with van der Waals surface area (Å²) in [5.41, 5.74) is 1.68. The summed E-state index contributed by atoms with van der Waals surface area (Å²) in [6.45, 7) is 2.05. The van der Waals surface area contributed by atoms with E-state index >= 15 is 0 Å². The fraction of sp³-hybridized carbons (Fsp3) is 0.733. The van der Waals surface area contributed by atoms with Crippen molar-refractivity contribution in [1.82, 2.24) is 5.32 Å². The topological polar surface area (TPSA) is 21.3 Å². The van der Waals surface area contributed by atoms with Crippen LogP contribution in [0.5, 0.6) is 0 Å². The summed E-state index contributed by atoms with van der Waals surface area (Å²) >= 11 is 3.87. The highest BCUT2D eigenvalue weighted by Gasteiger charge is 2.38. The molecule has 3 rings (SSSR count). The number of thiophene rings is 1. The molecule has 2 aliphatic heterocycles. The summed E-state index contributed by atoms with van der Waals surface area (Å²) in [5, 5.41) is 8.17. The molecule has 2 nitrogen and oxygen atoms in total. The van der Waals surface area contributed by atoms with Gasteiger partial charge in [0.2, 0.25) is 0 Å². The highest BCUT2D eigenvalue weighted by molar-refractivity contribution is 7.99. The standard InChI is InChI=1S/C15H23NOS2/c1(13-3-8-19-12-13)6-16-14-2-7-17-15(11-14)4-9-18-10-5-15/h3,8,12,14,16H,1-2,4-7,9-11H2. The Morgan fingerprint density at radius 2 is 2.26 bits per heavy atom. The minimum Gasteiger partial charge on any atom is -0.375 e. The molecule has 1 atom stereocenters. The molecule has 3 heterocycles. The van der Waals surface area contributed by atoms with Crippen molar-refractivity contribution in [3.63, 3.8) is 0 Å². The van der Waals surface area contributed by atoms with Gasteiger partial charge in [0.15, 0.2) is 0 Å². The fourth-order valence-corrected chi connectivity index (χ4v) is 5.09. The number of rotatable bonds is 4. The molecule has 0 aliphatic carbocycles. The van der Waals surface area contributed by atoms with Crippen LogP contribution in [0.4, 0.5) is 0 Å². The first-order chi connectivity index (χ1) is 9.36. The second-order valence-corrected chi connectivity index (χ2v) is 7.67. The molecular formula is C15H23NOS2. The third-order valence-corrected chi connectivity index (χ3v) is 6.04. The molecule has 4 heteroatoms. The van der Waals surface area contributed by atoms with Gasteiger partial charge in [-0.15, -0.1) is 0 Å². The van der Waals surface area contributed by atoms with Crippen molar-refractivity contribution < 1.29 is 4.74 Å². The van der Waals surface area contributed by atoms with Crippen molar-refractivity contribution in [3.05, 3.63) is 22.4 Å². The van der Waals surface area contributed by atoms with Crippen LogP contribution in [0.2, 0.25) is 0 Å². The van der Waals surface area contributed by atoms with Crippen molar-refractivity contribution in [2.75, 3.05) is 24.7 Å². The van der Waals surface area contributed by atoms with Gasteiger partial charge < -0.3 is 10.1 Å². The van der Waals surface area contributed by atoms with E-state index in [0.717, 1.165) is 19.6 Å². The van der Waals surface area contributed by atoms with Gasteiger partial charge in [-0.1, -0.05) is 0 Å². The Balaban J connectivity index is 1.45. The van der Waals surface area contributed by atoms with Crippen LogP contribution >= 0.6 is 23.1 Å². The molecule has 0 amide bonds. The summed E-state index contributed by atoms with van der Waals surface area (Å²) in [6, 6.07) is 2.89. The van der Waals surface area contributed by atoms with Crippen molar-refractivity contribution in [3.8, 4) is 0 Å². The molecule has 0 bridgehead atoms. The quantitative estimate of drug-likeness (QED) is 0.921. The summed E-state index contributed by atoms with van der Waals surface area (Å²) in [7, 11) is 0. The third-order valence-electron chi connectivity index (χ3n) is 4.32. The maximum absolute atomic E-state index is 6.14. The molecule has 2 saturated heterocycles. The molecule has 2 fully saturated rings. The van der Waals surface area contributed by atoms with E-state index in [9.17, 15) is 0 Å². The molecular weight excluding hydrogens is 274 g/mol. The zero-order chi connectivity index (χ0) is 13.0. The maximum atomic E-state index is 6.14. The van der Waals surface area contributed by atoms with Crippen LogP contribution in [0.25, 0.3) is 0 Å². The van der Waals surface area contributed by atoms with Gasteiger partial charge in [0.25, 0.3) is 0 Å². The van der Waals surface area contributed by atoms with Crippen LogP contribution < -0.4 is 5.32 Å². The number of hydrogen-bond donors (Lipinski definition) is 1. The van der Waals surface area contributed by atoms with E-state index in [0.29, 0.717) is 6.04 Å². The third kappa shape index (κ3) is 3.75. The van der Waals surface area contributed by atoms with Gasteiger partial charge in [-0.3, -0.25) is 0 Å². The minimum atomic E-state index is 0.212. The van der Waals surface area contributed by atoms with Gasteiger partial charge in [0.1, 0.15) is 0 Å². The zero-order valence-corrected chi connectivity index (χ0v) is 13.0. The predicted octanol–water partition coefficient (Wildman–Crippen LogP) is 3.33. The predicted molar refractivity (Wildman–Crippen MR) is 84.3 cm³/mol. The Morgan fingerprint density at radius 3 is 3.05 bits per heavy atom. The first-order valence-electron chi connectivity index (χ1n) is 7.33. The van der Waals surface area contributed by atoms with E-state index in [2.05, 4.69) is 33.9 Å². The molecule has 0 saturated carbocycles. The molecule has 1 spiro atoms. The van der Waals surface area contributed by atoms with Crippen LogP contribution in [-0.4, -0.2) is 36.3 Å². The lowest BCUT2D eigenvalue weighted by Crippen LogP contribution is -2.49. The van der Waals surface area contributed by atoms with Crippen molar-refractivity contribution in [2.45, 2.75) is 43.7 Å². The zero-order valence-electron chi connectivity index (χ0n) is 11.4. The van der Waals surface area contributed by atoms with Gasteiger partial charge in [0.05, 0.1) is 5.60 Å². The Labute approximate surface area is 124 Å². The molecule has 0 radical (unpaired) electrons. The van der Waals surface area contributed by atoms with Crippen molar-refractivity contribution >= 4 is 23.1 Å². The highest BCUT2D eigenvalue weighted by Crippen LogP contribution is 2.37. The van der Waals surface area contributed by atoms with E-state index in [1.165, 1.54) is 42.8 Å². The number of ether oxygens (including phenoxy) is 1. The van der Waals surface area contributed by atoms with E-state index in [4.69, 9.17) is 4.74 Å². The van der Waals surface area contributed by atoms with E-state index < -0.39 is 0 Å².